The first kappa shape index (κ1) is 40.0. The lowest BCUT2D eigenvalue weighted by atomic mass is 9.67. The third-order valence-corrected chi connectivity index (χ3v) is 16.2. The molecule has 0 amide bonds. The van der Waals surface area contributed by atoms with Crippen LogP contribution in [0.3, 0.4) is 0 Å². The first-order valence-electron chi connectivity index (χ1n) is 24.8. The van der Waals surface area contributed by atoms with Gasteiger partial charge in [0, 0.05) is 44.4 Å². The zero-order chi connectivity index (χ0) is 46.8. The maximum absolute atomic E-state index is 2.56. The third kappa shape index (κ3) is 5.42. The largest absolute Gasteiger partial charge is 0.310 e. The van der Waals surface area contributed by atoms with Gasteiger partial charge in [-0.25, -0.2) is 0 Å². The summed E-state index contributed by atoms with van der Waals surface area (Å²) < 4.78 is 2.56. The molecule has 15 rings (SSSR count). The van der Waals surface area contributed by atoms with Gasteiger partial charge in [-0.2, -0.15) is 0 Å². The quantitative estimate of drug-likeness (QED) is 0.155. The summed E-state index contributed by atoms with van der Waals surface area (Å²) in [7, 11) is 0. The van der Waals surface area contributed by atoms with E-state index in [0.717, 1.165) is 17.1 Å². The van der Waals surface area contributed by atoms with Crippen LogP contribution in [0.15, 0.2) is 261 Å². The van der Waals surface area contributed by atoms with Crippen molar-refractivity contribution < 1.29 is 0 Å². The van der Waals surface area contributed by atoms with Crippen LogP contribution in [0, 0.1) is 0 Å². The highest BCUT2D eigenvalue weighted by molar-refractivity contribution is 6.19. The predicted molar refractivity (Wildman–Crippen MR) is 295 cm³/mol. The fraction of sp³-hybridized carbons (Fsp3) is 0.0435. The van der Waals surface area contributed by atoms with E-state index in [1.165, 1.54) is 111 Å². The summed E-state index contributed by atoms with van der Waals surface area (Å²) in [6, 6.07) is 97.7. The first-order valence-corrected chi connectivity index (χ1v) is 24.8. The molecule has 11 aromatic carbocycles. The lowest BCUT2D eigenvalue weighted by Crippen LogP contribution is -2.28. The lowest BCUT2D eigenvalue weighted by Gasteiger charge is -2.35. The SMILES string of the molecule is CC1(c2ccccc2)c2cc(N(c3cccc(-c4ccccc4)c3)c3ccc4c(c3)C(c3ccccc3)(c3ccccc3)c3ccccc3-4)cc3c2-c2c1ccc1c4ccccc4n(c21)-c1ccccc1-3. The standard InChI is InChI=1S/C69H46N2/c1-68(47-24-8-3-9-25-47)60-40-39-57-55-32-15-18-35-63(55)71-64-36-19-16-33-56(64)58-42-52(44-62(68)65(58)66(60)67(57)71)70(50-30-20-23-46(41-50)45-21-6-2-7-22-45)51-37-38-54-53-31-14-17-34-59(53)69(61(54)43-51,48-26-10-4-11-27-48)49-28-12-5-13-29-49/h2-44H,1H3. The Morgan fingerprint density at radius 2 is 0.930 bits per heavy atom. The molecule has 0 saturated carbocycles. The van der Waals surface area contributed by atoms with Gasteiger partial charge in [-0.15, -0.1) is 0 Å². The molecule has 1 unspecified atom stereocenters. The first-order chi connectivity index (χ1) is 35.1. The Morgan fingerprint density at radius 1 is 0.338 bits per heavy atom. The molecular weight excluding hydrogens is 857 g/mol. The van der Waals surface area contributed by atoms with Crippen LogP contribution in [-0.2, 0) is 10.8 Å². The van der Waals surface area contributed by atoms with E-state index in [0.29, 0.717) is 0 Å². The van der Waals surface area contributed by atoms with Gasteiger partial charge in [0.2, 0.25) is 0 Å². The Kier molecular flexibility index (Phi) is 8.45. The number of benzene rings is 11. The van der Waals surface area contributed by atoms with Crippen LogP contribution in [0.25, 0.3) is 72.0 Å². The third-order valence-electron chi connectivity index (χ3n) is 16.2. The molecule has 332 valence electrons. The fourth-order valence-corrected chi connectivity index (χ4v) is 13.2. The second-order valence-electron chi connectivity index (χ2n) is 19.7. The van der Waals surface area contributed by atoms with Crippen molar-refractivity contribution in [3.8, 4) is 50.2 Å². The molecule has 1 aromatic heterocycles. The van der Waals surface area contributed by atoms with Crippen LogP contribution in [0.1, 0.15) is 45.9 Å². The van der Waals surface area contributed by atoms with E-state index in [-0.39, 0.29) is 0 Å². The molecule has 0 fully saturated rings. The van der Waals surface area contributed by atoms with Crippen molar-refractivity contribution >= 4 is 38.9 Å². The zero-order valence-electron chi connectivity index (χ0n) is 39.2. The van der Waals surface area contributed by atoms with Gasteiger partial charge in [0.05, 0.1) is 22.1 Å². The van der Waals surface area contributed by atoms with Gasteiger partial charge in [0.1, 0.15) is 0 Å². The summed E-state index contributed by atoms with van der Waals surface area (Å²) in [4.78, 5) is 2.54. The second-order valence-corrected chi connectivity index (χ2v) is 19.7. The summed E-state index contributed by atoms with van der Waals surface area (Å²) >= 11 is 0. The number of para-hydroxylation sites is 2. The normalized spacial score (nSPS) is 15.3. The topological polar surface area (TPSA) is 8.17 Å². The number of anilines is 3. The van der Waals surface area contributed by atoms with Gasteiger partial charge in [-0.1, -0.05) is 212 Å². The number of nitrogens with zero attached hydrogens (tertiary/aromatic N) is 2. The highest BCUT2D eigenvalue weighted by Crippen LogP contribution is 2.62. The minimum absolute atomic E-state index is 0.467. The monoisotopic (exact) mass is 902 g/mol. The average molecular weight is 903 g/mol. The number of hydrogen-bond donors (Lipinski definition) is 0. The lowest BCUT2D eigenvalue weighted by molar-refractivity contribution is 0.714. The van der Waals surface area contributed by atoms with Gasteiger partial charge in [0.15, 0.2) is 0 Å². The van der Waals surface area contributed by atoms with Crippen molar-refractivity contribution in [1.29, 1.82) is 0 Å². The van der Waals surface area contributed by atoms with Crippen LogP contribution >= 0.6 is 0 Å². The molecule has 12 aromatic rings. The molecule has 2 heteroatoms. The zero-order valence-corrected chi connectivity index (χ0v) is 39.2. The highest BCUT2D eigenvalue weighted by Gasteiger charge is 2.48. The van der Waals surface area contributed by atoms with Crippen molar-refractivity contribution in [2.45, 2.75) is 17.8 Å². The maximum Gasteiger partial charge on any atom is 0.0714 e. The van der Waals surface area contributed by atoms with Crippen LogP contribution in [0.4, 0.5) is 17.1 Å². The number of hydrogen-bond acceptors (Lipinski definition) is 1. The van der Waals surface area contributed by atoms with E-state index in [4.69, 9.17) is 0 Å². The maximum atomic E-state index is 2.56. The van der Waals surface area contributed by atoms with E-state index in [9.17, 15) is 0 Å². The molecule has 2 aliphatic carbocycles. The highest BCUT2D eigenvalue weighted by atomic mass is 15.1. The summed E-state index contributed by atoms with van der Waals surface area (Å²) in [5, 5.41) is 2.56. The van der Waals surface area contributed by atoms with Gasteiger partial charge in [0.25, 0.3) is 0 Å². The Morgan fingerprint density at radius 3 is 1.69 bits per heavy atom. The molecule has 2 nitrogen and oxygen atoms in total. The molecule has 1 aliphatic heterocycles. The van der Waals surface area contributed by atoms with E-state index in [1.807, 2.05) is 0 Å². The minimum Gasteiger partial charge on any atom is -0.310 e. The van der Waals surface area contributed by atoms with Crippen molar-refractivity contribution in [2.75, 3.05) is 4.90 Å². The predicted octanol–water partition coefficient (Wildman–Crippen LogP) is 17.6. The van der Waals surface area contributed by atoms with Crippen molar-refractivity contribution in [2.24, 2.45) is 0 Å². The van der Waals surface area contributed by atoms with Gasteiger partial charge in [-0.05, 0) is 128 Å². The molecule has 0 radical (unpaired) electrons. The second kappa shape index (κ2) is 15.0. The summed E-state index contributed by atoms with van der Waals surface area (Å²) in [6.45, 7) is 2.47. The molecular formula is C69H46N2. The molecule has 2 heterocycles. The molecule has 1 atom stereocenters. The van der Waals surface area contributed by atoms with E-state index in [2.05, 4.69) is 277 Å². The van der Waals surface area contributed by atoms with E-state index >= 15 is 0 Å². The van der Waals surface area contributed by atoms with Crippen LogP contribution < -0.4 is 4.90 Å². The molecule has 71 heavy (non-hydrogen) atoms. The van der Waals surface area contributed by atoms with Gasteiger partial charge >= 0.3 is 0 Å². The summed E-state index contributed by atoms with van der Waals surface area (Å²) in [5.74, 6) is 0. The average Bonchev–Trinajstić information content (AvgIpc) is 4.01. The molecule has 0 bridgehead atoms. The number of aromatic nitrogens is 1. The Labute approximate surface area is 414 Å². The number of rotatable bonds is 7. The number of fused-ring (bicyclic) bond motifs is 9. The van der Waals surface area contributed by atoms with E-state index in [1.54, 1.807) is 0 Å². The Bertz CT molecular complexity index is 4070. The van der Waals surface area contributed by atoms with Gasteiger partial charge in [-0.3, -0.25) is 0 Å². The summed E-state index contributed by atoms with van der Waals surface area (Å²) in [6.07, 6.45) is 0. The Hall–Kier alpha value is -8.98. The van der Waals surface area contributed by atoms with Crippen molar-refractivity contribution in [1.82, 2.24) is 4.57 Å². The van der Waals surface area contributed by atoms with E-state index < -0.39 is 10.8 Å². The smallest absolute Gasteiger partial charge is 0.0714 e. The van der Waals surface area contributed by atoms with Gasteiger partial charge < -0.3 is 9.47 Å². The molecule has 0 spiro atoms. The molecule has 3 aliphatic rings. The minimum atomic E-state index is -0.558. The fourth-order valence-electron chi connectivity index (χ4n) is 13.2. The molecule has 0 saturated heterocycles. The van der Waals surface area contributed by atoms with Crippen LogP contribution in [0.5, 0.6) is 0 Å². The van der Waals surface area contributed by atoms with Crippen molar-refractivity contribution in [3.05, 3.63) is 300 Å². The molecule has 0 N–H and O–H groups in total. The summed E-state index contributed by atoms with van der Waals surface area (Å²) in [5.41, 5.74) is 25.0. The van der Waals surface area contributed by atoms with Crippen molar-refractivity contribution in [3.63, 3.8) is 0 Å². The van der Waals surface area contributed by atoms with Crippen LogP contribution in [0.2, 0.25) is 0 Å². The Balaban J connectivity index is 1.06. The van der Waals surface area contributed by atoms with Crippen LogP contribution in [-0.4, -0.2) is 4.57 Å².